The summed E-state index contributed by atoms with van der Waals surface area (Å²) in [6.45, 7) is 12.3. The van der Waals surface area contributed by atoms with Crippen LogP contribution in [0.4, 0.5) is 0 Å². The van der Waals surface area contributed by atoms with E-state index in [-0.39, 0.29) is 17.7 Å². The van der Waals surface area contributed by atoms with Crippen LogP contribution < -0.4 is 10.6 Å². The molecule has 5 heteroatoms. The number of carbonyl (C=O) groups excluding carboxylic acids is 2. The summed E-state index contributed by atoms with van der Waals surface area (Å²) in [5, 5.41) is 5.92. The van der Waals surface area contributed by atoms with Crippen molar-refractivity contribution in [1.29, 1.82) is 0 Å². The van der Waals surface area contributed by atoms with E-state index < -0.39 is 6.04 Å². The standard InChI is InChI=1S/C23H37N3O2/c1-17(2)21(25-22(27)20-10-6-5-9-19(20)4)23(28)24-13-7-8-14-26-15-11-18(3)12-16-26/h5-6,9-10,17-18,21H,7-8,11-16H2,1-4H3,(H,24,28)(H,25,27). The summed E-state index contributed by atoms with van der Waals surface area (Å²) in [5.41, 5.74) is 1.53. The van der Waals surface area contributed by atoms with Crippen LogP contribution in [0.1, 0.15) is 62.4 Å². The van der Waals surface area contributed by atoms with Gasteiger partial charge < -0.3 is 15.5 Å². The van der Waals surface area contributed by atoms with Gasteiger partial charge in [0.25, 0.3) is 5.91 Å². The average molecular weight is 388 g/mol. The van der Waals surface area contributed by atoms with Crippen LogP contribution in [0.5, 0.6) is 0 Å². The number of benzene rings is 1. The highest BCUT2D eigenvalue weighted by atomic mass is 16.2. The van der Waals surface area contributed by atoms with Crippen LogP contribution in [-0.4, -0.2) is 48.9 Å². The number of likely N-dealkylation sites (tertiary alicyclic amines) is 1. The largest absolute Gasteiger partial charge is 0.354 e. The Kier molecular flexibility index (Phi) is 8.97. The molecule has 1 aliphatic heterocycles. The summed E-state index contributed by atoms with van der Waals surface area (Å²) in [6, 6.07) is 6.93. The smallest absolute Gasteiger partial charge is 0.252 e. The van der Waals surface area contributed by atoms with Crippen LogP contribution in [0.2, 0.25) is 0 Å². The number of hydrogen-bond acceptors (Lipinski definition) is 3. The normalized spacial score (nSPS) is 16.8. The molecule has 1 aromatic rings. The number of piperidine rings is 1. The highest BCUT2D eigenvalue weighted by Crippen LogP contribution is 2.16. The topological polar surface area (TPSA) is 61.4 Å². The van der Waals surface area contributed by atoms with Crippen LogP contribution in [0.25, 0.3) is 0 Å². The van der Waals surface area contributed by atoms with Gasteiger partial charge in [0.1, 0.15) is 6.04 Å². The number of amides is 2. The van der Waals surface area contributed by atoms with Gasteiger partial charge in [-0.2, -0.15) is 0 Å². The number of rotatable bonds is 9. The Balaban J connectivity index is 1.73. The zero-order valence-corrected chi connectivity index (χ0v) is 18.0. The molecule has 0 spiro atoms. The van der Waals surface area contributed by atoms with Crippen molar-refractivity contribution in [2.45, 2.75) is 59.4 Å². The van der Waals surface area contributed by atoms with Gasteiger partial charge in [0.2, 0.25) is 5.91 Å². The van der Waals surface area contributed by atoms with Gasteiger partial charge >= 0.3 is 0 Å². The molecule has 1 atom stereocenters. The molecule has 1 heterocycles. The lowest BCUT2D eigenvalue weighted by Gasteiger charge is -2.30. The fourth-order valence-corrected chi connectivity index (χ4v) is 3.65. The lowest BCUT2D eigenvalue weighted by atomic mass is 9.99. The fraction of sp³-hybridized carbons (Fsp3) is 0.652. The SMILES string of the molecule is Cc1ccccc1C(=O)NC(C(=O)NCCCCN1CCC(C)CC1)C(C)C. The molecule has 1 saturated heterocycles. The molecule has 0 radical (unpaired) electrons. The Labute approximate surface area is 170 Å². The zero-order valence-electron chi connectivity index (χ0n) is 18.0. The van der Waals surface area contributed by atoms with Crippen molar-refractivity contribution in [3.05, 3.63) is 35.4 Å². The van der Waals surface area contributed by atoms with Gasteiger partial charge in [-0.3, -0.25) is 9.59 Å². The van der Waals surface area contributed by atoms with Crippen LogP contribution in [-0.2, 0) is 4.79 Å². The van der Waals surface area contributed by atoms with Crippen molar-refractivity contribution < 1.29 is 9.59 Å². The minimum atomic E-state index is -0.518. The van der Waals surface area contributed by atoms with E-state index in [0.29, 0.717) is 12.1 Å². The van der Waals surface area contributed by atoms with Gasteiger partial charge in [-0.15, -0.1) is 0 Å². The maximum atomic E-state index is 12.6. The predicted molar refractivity (Wildman–Crippen MR) is 114 cm³/mol. The lowest BCUT2D eigenvalue weighted by Crippen LogP contribution is -2.50. The highest BCUT2D eigenvalue weighted by Gasteiger charge is 2.24. The predicted octanol–water partition coefficient (Wildman–Crippen LogP) is 3.38. The lowest BCUT2D eigenvalue weighted by molar-refractivity contribution is -0.123. The molecule has 156 valence electrons. The van der Waals surface area contributed by atoms with Gasteiger partial charge in [-0.1, -0.05) is 39.0 Å². The Morgan fingerprint density at radius 2 is 1.82 bits per heavy atom. The molecule has 0 aliphatic carbocycles. The van der Waals surface area contributed by atoms with Gasteiger partial charge in [-0.05, 0) is 75.7 Å². The van der Waals surface area contributed by atoms with E-state index in [0.717, 1.165) is 30.9 Å². The van der Waals surface area contributed by atoms with E-state index in [9.17, 15) is 9.59 Å². The summed E-state index contributed by atoms with van der Waals surface area (Å²) in [5.74, 6) is 0.608. The van der Waals surface area contributed by atoms with Crippen molar-refractivity contribution in [2.24, 2.45) is 11.8 Å². The summed E-state index contributed by atoms with van der Waals surface area (Å²) >= 11 is 0. The quantitative estimate of drug-likeness (QED) is 0.639. The molecule has 2 amide bonds. The maximum Gasteiger partial charge on any atom is 0.252 e. The molecule has 5 nitrogen and oxygen atoms in total. The third-order valence-corrected chi connectivity index (χ3v) is 5.70. The van der Waals surface area contributed by atoms with Gasteiger partial charge in [0.05, 0.1) is 0 Å². The molecule has 0 saturated carbocycles. The number of aryl methyl sites for hydroxylation is 1. The zero-order chi connectivity index (χ0) is 20.5. The number of hydrogen-bond donors (Lipinski definition) is 2. The highest BCUT2D eigenvalue weighted by molar-refractivity contribution is 5.98. The molecule has 0 aromatic heterocycles. The first-order valence-corrected chi connectivity index (χ1v) is 10.7. The van der Waals surface area contributed by atoms with Gasteiger partial charge in [0, 0.05) is 12.1 Å². The second-order valence-electron chi connectivity index (χ2n) is 8.53. The first kappa shape index (κ1) is 22.4. The first-order chi connectivity index (χ1) is 13.4. The van der Waals surface area contributed by atoms with Gasteiger partial charge in [-0.25, -0.2) is 0 Å². The molecule has 2 N–H and O–H groups in total. The van der Waals surface area contributed by atoms with Crippen LogP contribution in [0.3, 0.4) is 0 Å². The molecule has 28 heavy (non-hydrogen) atoms. The van der Waals surface area contributed by atoms with E-state index in [1.54, 1.807) is 6.07 Å². The second kappa shape index (κ2) is 11.2. The van der Waals surface area contributed by atoms with Crippen molar-refractivity contribution in [1.82, 2.24) is 15.5 Å². The van der Waals surface area contributed by atoms with E-state index >= 15 is 0 Å². The Morgan fingerprint density at radius 1 is 1.14 bits per heavy atom. The molecule has 2 rings (SSSR count). The monoisotopic (exact) mass is 387 g/mol. The van der Waals surface area contributed by atoms with Crippen LogP contribution >= 0.6 is 0 Å². The Bertz CT molecular complexity index is 636. The minimum absolute atomic E-state index is 0.0308. The number of nitrogens with zero attached hydrogens (tertiary/aromatic N) is 1. The number of carbonyl (C=O) groups is 2. The van der Waals surface area contributed by atoms with Crippen molar-refractivity contribution >= 4 is 11.8 Å². The molecule has 1 aromatic carbocycles. The molecule has 1 fully saturated rings. The fourth-order valence-electron chi connectivity index (χ4n) is 3.65. The summed E-state index contributed by atoms with van der Waals surface area (Å²) in [7, 11) is 0. The molecule has 1 unspecified atom stereocenters. The summed E-state index contributed by atoms with van der Waals surface area (Å²) in [6.07, 6.45) is 4.66. The van der Waals surface area contributed by atoms with Gasteiger partial charge in [0.15, 0.2) is 0 Å². The minimum Gasteiger partial charge on any atom is -0.354 e. The van der Waals surface area contributed by atoms with Crippen LogP contribution in [0, 0.1) is 18.8 Å². The van der Waals surface area contributed by atoms with E-state index in [2.05, 4.69) is 22.5 Å². The summed E-state index contributed by atoms with van der Waals surface area (Å²) in [4.78, 5) is 27.7. The van der Waals surface area contributed by atoms with E-state index in [1.165, 1.54) is 25.9 Å². The summed E-state index contributed by atoms with van der Waals surface area (Å²) < 4.78 is 0. The van der Waals surface area contributed by atoms with Crippen molar-refractivity contribution in [2.75, 3.05) is 26.2 Å². The second-order valence-corrected chi connectivity index (χ2v) is 8.53. The number of nitrogens with one attached hydrogen (secondary N) is 2. The third-order valence-electron chi connectivity index (χ3n) is 5.70. The van der Waals surface area contributed by atoms with Crippen molar-refractivity contribution in [3.8, 4) is 0 Å². The molecular formula is C23H37N3O2. The Morgan fingerprint density at radius 3 is 2.46 bits per heavy atom. The van der Waals surface area contributed by atoms with E-state index in [4.69, 9.17) is 0 Å². The number of unbranched alkanes of at least 4 members (excludes halogenated alkanes) is 1. The third kappa shape index (κ3) is 6.93. The first-order valence-electron chi connectivity index (χ1n) is 10.7. The molecule has 0 bridgehead atoms. The van der Waals surface area contributed by atoms with Crippen LogP contribution in [0.15, 0.2) is 24.3 Å². The van der Waals surface area contributed by atoms with Crippen molar-refractivity contribution in [3.63, 3.8) is 0 Å². The molecule has 1 aliphatic rings. The van der Waals surface area contributed by atoms with E-state index in [1.807, 2.05) is 39.0 Å². The Hall–Kier alpha value is -1.88. The average Bonchev–Trinajstić information content (AvgIpc) is 2.67. The molecular weight excluding hydrogens is 350 g/mol. The maximum absolute atomic E-state index is 12.6.